The summed E-state index contributed by atoms with van der Waals surface area (Å²) in [7, 11) is 0. The Kier molecular flexibility index (Phi) is 6.58. The van der Waals surface area contributed by atoms with Crippen LogP contribution in [0.15, 0.2) is 71.6 Å². The number of rotatable bonds is 4. The molecule has 3 aromatic carbocycles. The second-order valence-corrected chi connectivity index (χ2v) is 8.85. The SMILES string of the molecule is O=C(Oc1ccc(/C=C2\SC(=O)N(c3cccc(Cl)c3)C2=O)cc1)c1ccc(Cl)cc1Cl. The van der Waals surface area contributed by atoms with Gasteiger partial charge in [-0.25, -0.2) is 9.69 Å². The van der Waals surface area contributed by atoms with E-state index in [9.17, 15) is 14.4 Å². The number of halogens is 3. The number of thioether (sulfide) groups is 1. The number of hydrogen-bond acceptors (Lipinski definition) is 5. The number of amides is 2. The van der Waals surface area contributed by atoms with Crippen LogP contribution in [-0.2, 0) is 4.79 Å². The van der Waals surface area contributed by atoms with E-state index in [4.69, 9.17) is 39.5 Å². The molecule has 1 heterocycles. The minimum atomic E-state index is -0.623. The Morgan fingerprint density at radius 2 is 1.62 bits per heavy atom. The van der Waals surface area contributed by atoms with Gasteiger partial charge < -0.3 is 4.74 Å². The number of imide groups is 1. The lowest BCUT2D eigenvalue weighted by molar-refractivity contribution is -0.113. The number of hydrogen-bond donors (Lipinski definition) is 0. The zero-order chi connectivity index (χ0) is 22.8. The summed E-state index contributed by atoms with van der Waals surface area (Å²) in [5.41, 5.74) is 1.26. The van der Waals surface area contributed by atoms with Crippen LogP contribution in [0.1, 0.15) is 15.9 Å². The molecule has 1 aliphatic heterocycles. The minimum absolute atomic E-state index is 0.189. The fourth-order valence-corrected chi connectivity index (χ4v) is 4.42. The van der Waals surface area contributed by atoms with Gasteiger partial charge in [-0.1, -0.05) is 53.0 Å². The number of ether oxygens (including phenoxy) is 1. The summed E-state index contributed by atoms with van der Waals surface area (Å²) in [5, 5.41) is 0.620. The Morgan fingerprint density at radius 3 is 2.31 bits per heavy atom. The number of carbonyl (C=O) groups excluding carboxylic acids is 3. The molecule has 1 aliphatic rings. The van der Waals surface area contributed by atoms with Gasteiger partial charge in [0.1, 0.15) is 5.75 Å². The summed E-state index contributed by atoms with van der Waals surface area (Å²) in [6.07, 6.45) is 1.59. The molecule has 0 bridgehead atoms. The van der Waals surface area contributed by atoms with E-state index in [1.165, 1.54) is 12.1 Å². The number of anilines is 1. The number of benzene rings is 3. The predicted molar refractivity (Wildman–Crippen MR) is 128 cm³/mol. The summed E-state index contributed by atoms with van der Waals surface area (Å²) in [4.78, 5) is 38.8. The van der Waals surface area contributed by atoms with Crippen molar-refractivity contribution >= 4 is 75.4 Å². The molecule has 4 rings (SSSR count). The lowest BCUT2D eigenvalue weighted by Gasteiger charge is -2.12. The molecule has 0 aliphatic carbocycles. The average Bonchev–Trinajstić information content (AvgIpc) is 3.02. The molecular weight excluding hydrogens is 493 g/mol. The van der Waals surface area contributed by atoms with Crippen molar-refractivity contribution < 1.29 is 19.1 Å². The standard InChI is InChI=1S/C23H12Cl3NO4S/c24-14-2-1-3-16(11-14)27-21(28)20(32-23(27)30)10-13-4-7-17(8-5-13)31-22(29)18-9-6-15(25)12-19(18)26/h1-12H/b20-10-. The van der Waals surface area contributed by atoms with Gasteiger partial charge in [0.2, 0.25) is 0 Å². The molecule has 3 aromatic rings. The molecule has 0 N–H and O–H groups in total. The molecule has 0 radical (unpaired) electrons. The zero-order valence-corrected chi connectivity index (χ0v) is 19.1. The Bertz CT molecular complexity index is 1270. The predicted octanol–water partition coefficient (Wildman–Crippen LogP) is 7.11. The fraction of sp³-hybridized carbons (Fsp3) is 0. The van der Waals surface area contributed by atoms with Gasteiger partial charge in [0.15, 0.2) is 0 Å². The molecule has 0 spiro atoms. The van der Waals surface area contributed by atoms with Crippen LogP contribution < -0.4 is 9.64 Å². The maximum Gasteiger partial charge on any atom is 0.345 e. The highest BCUT2D eigenvalue weighted by Gasteiger charge is 2.36. The summed E-state index contributed by atoms with van der Waals surface area (Å²) in [6, 6.07) is 17.5. The van der Waals surface area contributed by atoms with Gasteiger partial charge in [0.25, 0.3) is 11.1 Å². The lowest BCUT2D eigenvalue weighted by atomic mass is 10.2. The third-order valence-electron chi connectivity index (χ3n) is 4.40. The fourth-order valence-electron chi connectivity index (χ4n) is 2.91. The first-order chi connectivity index (χ1) is 15.3. The van der Waals surface area contributed by atoms with Crippen LogP contribution in [0.4, 0.5) is 10.5 Å². The van der Waals surface area contributed by atoms with Crippen molar-refractivity contribution in [2.24, 2.45) is 0 Å². The first-order valence-corrected chi connectivity index (χ1v) is 11.1. The van der Waals surface area contributed by atoms with E-state index in [1.54, 1.807) is 60.7 Å². The van der Waals surface area contributed by atoms with E-state index < -0.39 is 17.1 Å². The van der Waals surface area contributed by atoms with Crippen LogP contribution in [0, 0.1) is 0 Å². The van der Waals surface area contributed by atoms with Crippen molar-refractivity contribution in [1.82, 2.24) is 0 Å². The summed E-state index contributed by atoms with van der Waals surface area (Å²) < 4.78 is 5.34. The molecule has 0 aromatic heterocycles. The Labute approximate surface area is 202 Å². The van der Waals surface area contributed by atoms with Crippen LogP contribution in [0.5, 0.6) is 5.75 Å². The van der Waals surface area contributed by atoms with E-state index in [2.05, 4.69) is 0 Å². The quantitative estimate of drug-likeness (QED) is 0.215. The normalized spacial score (nSPS) is 14.8. The highest BCUT2D eigenvalue weighted by molar-refractivity contribution is 8.19. The lowest BCUT2D eigenvalue weighted by Crippen LogP contribution is -2.27. The third-order valence-corrected chi connectivity index (χ3v) is 6.05. The van der Waals surface area contributed by atoms with E-state index in [0.717, 1.165) is 16.7 Å². The van der Waals surface area contributed by atoms with E-state index >= 15 is 0 Å². The molecule has 160 valence electrons. The number of carbonyl (C=O) groups is 3. The van der Waals surface area contributed by atoms with E-state index in [0.29, 0.717) is 27.0 Å². The average molecular weight is 505 g/mol. The van der Waals surface area contributed by atoms with Gasteiger partial charge in [-0.05, 0) is 71.9 Å². The molecule has 0 atom stereocenters. The van der Waals surface area contributed by atoms with Crippen LogP contribution in [0.3, 0.4) is 0 Å². The van der Waals surface area contributed by atoms with Gasteiger partial charge in [-0.3, -0.25) is 9.59 Å². The summed E-state index contributed by atoms with van der Waals surface area (Å²) in [5.74, 6) is -0.762. The van der Waals surface area contributed by atoms with E-state index in [1.807, 2.05) is 0 Å². The molecule has 0 saturated carbocycles. The molecule has 1 saturated heterocycles. The molecule has 32 heavy (non-hydrogen) atoms. The smallest absolute Gasteiger partial charge is 0.345 e. The second kappa shape index (κ2) is 9.38. The van der Waals surface area contributed by atoms with Gasteiger partial charge in [0, 0.05) is 10.0 Å². The highest BCUT2D eigenvalue weighted by Crippen LogP contribution is 2.36. The van der Waals surface area contributed by atoms with E-state index in [-0.39, 0.29) is 15.5 Å². The molecule has 5 nitrogen and oxygen atoms in total. The maximum absolute atomic E-state index is 12.7. The van der Waals surface area contributed by atoms with Crippen molar-refractivity contribution in [2.45, 2.75) is 0 Å². The molecule has 1 fully saturated rings. The van der Waals surface area contributed by atoms with Gasteiger partial charge in [0.05, 0.1) is 21.2 Å². The van der Waals surface area contributed by atoms with Crippen LogP contribution >= 0.6 is 46.6 Å². The Balaban J connectivity index is 1.49. The van der Waals surface area contributed by atoms with Crippen molar-refractivity contribution in [3.63, 3.8) is 0 Å². The van der Waals surface area contributed by atoms with Gasteiger partial charge in [-0.2, -0.15) is 0 Å². The first kappa shape index (κ1) is 22.4. The van der Waals surface area contributed by atoms with Crippen molar-refractivity contribution in [2.75, 3.05) is 4.90 Å². The van der Waals surface area contributed by atoms with Crippen LogP contribution in [-0.4, -0.2) is 17.1 Å². The van der Waals surface area contributed by atoms with Crippen molar-refractivity contribution in [1.29, 1.82) is 0 Å². The van der Waals surface area contributed by atoms with Crippen LogP contribution in [0.2, 0.25) is 15.1 Å². The zero-order valence-electron chi connectivity index (χ0n) is 16.1. The number of nitrogens with zero attached hydrogens (tertiary/aromatic N) is 1. The monoisotopic (exact) mass is 503 g/mol. The molecule has 0 unspecified atom stereocenters. The minimum Gasteiger partial charge on any atom is -0.423 e. The van der Waals surface area contributed by atoms with Crippen molar-refractivity contribution in [3.8, 4) is 5.75 Å². The first-order valence-electron chi connectivity index (χ1n) is 9.12. The topological polar surface area (TPSA) is 63.7 Å². The molecular formula is C23H12Cl3NO4S. The molecule has 9 heteroatoms. The molecule has 2 amide bonds. The van der Waals surface area contributed by atoms with Crippen molar-refractivity contribution in [3.05, 3.63) is 97.8 Å². The van der Waals surface area contributed by atoms with Gasteiger partial charge in [-0.15, -0.1) is 0 Å². The highest BCUT2D eigenvalue weighted by atomic mass is 35.5. The second-order valence-electron chi connectivity index (χ2n) is 6.58. The Hall–Kier alpha value is -2.77. The Morgan fingerprint density at radius 1 is 0.906 bits per heavy atom. The summed E-state index contributed by atoms with van der Waals surface area (Å²) in [6.45, 7) is 0. The van der Waals surface area contributed by atoms with Gasteiger partial charge >= 0.3 is 5.97 Å². The number of esters is 1. The maximum atomic E-state index is 12.7. The largest absolute Gasteiger partial charge is 0.423 e. The third kappa shape index (κ3) is 4.84. The van der Waals surface area contributed by atoms with Crippen LogP contribution in [0.25, 0.3) is 6.08 Å². The summed E-state index contributed by atoms with van der Waals surface area (Å²) >= 11 is 18.7.